The molecule has 0 aromatic rings. The Morgan fingerprint density at radius 1 is 1.13 bits per heavy atom. The summed E-state index contributed by atoms with van der Waals surface area (Å²) >= 11 is 4.07. The highest BCUT2D eigenvalue weighted by molar-refractivity contribution is 9.10. The van der Waals surface area contributed by atoms with E-state index in [1.165, 1.54) is 57.8 Å². The molecule has 2 nitrogen and oxygen atoms in total. The number of carbonyl (C=O) groups excluding carboxylic acids is 1. The summed E-state index contributed by atoms with van der Waals surface area (Å²) in [5.74, 6) is 3.47. The van der Waals surface area contributed by atoms with Crippen molar-refractivity contribution in [3.8, 4) is 0 Å². The molecule has 0 radical (unpaired) electrons. The first-order valence-electron chi connectivity index (χ1n) is 9.85. The Balaban J connectivity index is 1.41. The zero-order chi connectivity index (χ0) is 16.2. The molecule has 130 valence electrons. The molecule has 5 aliphatic rings. The monoisotopic (exact) mass is 381 g/mol. The summed E-state index contributed by atoms with van der Waals surface area (Å²) in [6.45, 7) is 4.67. The van der Waals surface area contributed by atoms with E-state index in [2.05, 4.69) is 35.1 Å². The van der Waals surface area contributed by atoms with Crippen LogP contribution in [0.15, 0.2) is 0 Å². The SMILES string of the molecule is C[C@@H]1[C@@H](C)CCC[C@H]1NC(=O)CC12C[C@@H]3C[C@H](CC(Br)(C3)C1)C2. The Bertz CT molecular complexity index is 476. The van der Waals surface area contributed by atoms with Gasteiger partial charge in [0.15, 0.2) is 0 Å². The van der Waals surface area contributed by atoms with Gasteiger partial charge in [0.25, 0.3) is 0 Å². The number of hydrogen-bond donors (Lipinski definition) is 1. The molecule has 0 aliphatic heterocycles. The first-order valence-corrected chi connectivity index (χ1v) is 10.6. The summed E-state index contributed by atoms with van der Waals surface area (Å²) in [5, 5.41) is 3.43. The van der Waals surface area contributed by atoms with Gasteiger partial charge in [-0.3, -0.25) is 4.79 Å². The minimum Gasteiger partial charge on any atom is -0.353 e. The number of alkyl halides is 1. The largest absolute Gasteiger partial charge is 0.353 e. The molecule has 3 heteroatoms. The van der Waals surface area contributed by atoms with Gasteiger partial charge in [0.05, 0.1) is 0 Å². The van der Waals surface area contributed by atoms with E-state index in [0.29, 0.717) is 27.6 Å². The zero-order valence-corrected chi connectivity index (χ0v) is 16.3. The van der Waals surface area contributed by atoms with E-state index in [0.717, 1.165) is 24.2 Å². The van der Waals surface area contributed by atoms with Crippen molar-refractivity contribution in [2.24, 2.45) is 29.1 Å². The minimum absolute atomic E-state index is 0.307. The second-order valence-corrected chi connectivity index (χ2v) is 11.4. The molecule has 0 aromatic carbocycles. The molecule has 0 heterocycles. The van der Waals surface area contributed by atoms with Gasteiger partial charge in [-0.15, -0.1) is 0 Å². The summed E-state index contributed by atoms with van der Waals surface area (Å²) in [6.07, 6.45) is 12.5. The molecule has 5 atom stereocenters. The van der Waals surface area contributed by atoms with Crippen LogP contribution < -0.4 is 5.32 Å². The molecular weight excluding hydrogens is 350 g/mol. The van der Waals surface area contributed by atoms with Crippen LogP contribution >= 0.6 is 15.9 Å². The van der Waals surface area contributed by atoms with Crippen molar-refractivity contribution in [1.82, 2.24) is 5.32 Å². The molecule has 5 fully saturated rings. The Labute approximate surface area is 149 Å². The van der Waals surface area contributed by atoms with Gasteiger partial charge in [0.2, 0.25) is 5.91 Å². The lowest BCUT2D eigenvalue weighted by Crippen LogP contribution is -2.54. The predicted octanol–water partition coefficient (Wildman–Crippen LogP) is 5.05. The van der Waals surface area contributed by atoms with Gasteiger partial charge in [0.1, 0.15) is 0 Å². The van der Waals surface area contributed by atoms with E-state index in [4.69, 9.17) is 0 Å². The Kier molecular flexibility index (Phi) is 4.10. The fraction of sp³-hybridized carbons (Fsp3) is 0.950. The van der Waals surface area contributed by atoms with Gasteiger partial charge in [-0.25, -0.2) is 0 Å². The second kappa shape index (κ2) is 5.75. The third-order valence-corrected chi connectivity index (χ3v) is 8.63. The van der Waals surface area contributed by atoms with Crippen LogP contribution in [-0.2, 0) is 4.79 Å². The van der Waals surface area contributed by atoms with Crippen LogP contribution in [0.3, 0.4) is 0 Å². The maximum Gasteiger partial charge on any atom is 0.220 e. The molecule has 4 bridgehead atoms. The van der Waals surface area contributed by atoms with Crippen molar-refractivity contribution in [1.29, 1.82) is 0 Å². The Hall–Kier alpha value is -0.0500. The van der Waals surface area contributed by atoms with E-state index in [1.807, 2.05) is 0 Å². The summed E-state index contributed by atoms with van der Waals surface area (Å²) < 4.78 is 0.365. The molecule has 0 unspecified atom stereocenters. The highest BCUT2D eigenvalue weighted by Crippen LogP contribution is 2.65. The molecular formula is C20H32BrNO. The Morgan fingerprint density at radius 2 is 1.83 bits per heavy atom. The molecule has 5 aliphatic carbocycles. The van der Waals surface area contributed by atoms with Crippen molar-refractivity contribution in [2.75, 3.05) is 0 Å². The van der Waals surface area contributed by atoms with Crippen molar-refractivity contribution in [3.05, 3.63) is 0 Å². The molecule has 0 saturated heterocycles. The number of rotatable bonds is 3. The summed E-state index contributed by atoms with van der Waals surface area (Å²) in [5.41, 5.74) is 0.307. The second-order valence-electron chi connectivity index (χ2n) is 9.73. The van der Waals surface area contributed by atoms with Crippen LogP contribution in [-0.4, -0.2) is 16.3 Å². The van der Waals surface area contributed by atoms with Crippen LogP contribution in [0.4, 0.5) is 0 Å². The highest BCUT2D eigenvalue weighted by atomic mass is 79.9. The summed E-state index contributed by atoms with van der Waals surface area (Å²) in [7, 11) is 0. The summed E-state index contributed by atoms with van der Waals surface area (Å²) in [4.78, 5) is 12.8. The lowest BCUT2D eigenvalue weighted by molar-refractivity contribution is -0.129. The van der Waals surface area contributed by atoms with Crippen LogP contribution in [0.25, 0.3) is 0 Å². The number of halogens is 1. The smallest absolute Gasteiger partial charge is 0.220 e. The van der Waals surface area contributed by atoms with Gasteiger partial charge in [-0.1, -0.05) is 42.6 Å². The van der Waals surface area contributed by atoms with E-state index < -0.39 is 0 Å². The standard InChI is InChI=1S/C20H32BrNO/c1-13-4-3-5-17(14(13)2)22-18(23)11-19-7-15-6-16(8-19)10-20(21,9-15)12-19/h13-17H,3-12H2,1-2H3,(H,22,23)/t13-,14+,15-,16-,17+,19?,20?/m0/s1. The first kappa shape index (κ1) is 16.4. The van der Waals surface area contributed by atoms with Gasteiger partial charge >= 0.3 is 0 Å². The average Bonchev–Trinajstić information content (AvgIpc) is 2.40. The van der Waals surface area contributed by atoms with Crippen molar-refractivity contribution < 1.29 is 4.79 Å². The molecule has 0 aromatic heterocycles. The van der Waals surface area contributed by atoms with E-state index >= 15 is 0 Å². The molecule has 23 heavy (non-hydrogen) atoms. The normalized spacial score (nSPS) is 51.7. The van der Waals surface area contributed by atoms with Crippen LogP contribution in [0.1, 0.15) is 78.1 Å². The number of amides is 1. The van der Waals surface area contributed by atoms with Gasteiger partial charge in [0, 0.05) is 16.8 Å². The van der Waals surface area contributed by atoms with Crippen molar-refractivity contribution >= 4 is 21.8 Å². The quantitative estimate of drug-likeness (QED) is 0.680. The third kappa shape index (κ3) is 3.12. The van der Waals surface area contributed by atoms with Gasteiger partial charge in [-0.05, 0) is 74.0 Å². The van der Waals surface area contributed by atoms with Crippen LogP contribution in [0.5, 0.6) is 0 Å². The number of carbonyl (C=O) groups is 1. The fourth-order valence-corrected chi connectivity index (χ4v) is 8.44. The van der Waals surface area contributed by atoms with Gasteiger partial charge in [-0.2, -0.15) is 0 Å². The Morgan fingerprint density at radius 3 is 2.48 bits per heavy atom. The summed E-state index contributed by atoms with van der Waals surface area (Å²) in [6, 6.07) is 0.415. The lowest BCUT2D eigenvalue weighted by Gasteiger charge is -2.60. The molecule has 5 saturated carbocycles. The highest BCUT2D eigenvalue weighted by Gasteiger charge is 2.57. The molecule has 1 N–H and O–H groups in total. The van der Waals surface area contributed by atoms with E-state index in [-0.39, 0.29) is 0 Å². The maximum absolute atomic E-state index is 12.8. The van der Waals surface area contributed by atoms with Crippen LogP contribution in [0, 0.1) is 29.1 Å². The predicted molar refractivity (Wildman–Crippen MR) is 97.5 cm³/mol. The van der Waals surface area contributed by atoms with Crippen LogP contribution in [0.2, 0.25) is 0 Å². The van der Waals surface area contributed by atoms with E-state index in [1.54, 1.807) is 0 Å². The maximum atomic E-state index is 12.8. The van der Waals surface area contributed by atoms with Crippen molar-refractivity contribution in [3.63, 3.8) is 0 Å². The van der Waals surface area contributed by atoms with Gasteiger partial charge < -0.3 is 5.32 Å². The van der Waals surface area contributed by atoms with E-state index in [9.17, 15) is 4.79 Å². The number of hydrogen-bond acceptors (Lipinski definition) is 1. The zero-order valence-electron chi connectivity index (χ0n) is 14.7. The minimum atomic E-state index is 0.307. The number of nitrogens with one attached hydrogen (secondary N) is 1. The topological polar surface area (TPSA) is 29.1 Å². The molecule has 1 amide bonds. The first-order chi connectivity index (χ1) is 10.9. The third-order valence-electron chi connectivity index (χ3n) is 7.70. The average molecular weight is 382 g/mol. The lowest BCUT2D eigenvalue weighted by atomic mass is 9.48. The molecule has 5 rings (SSSR count). The van der Waals surface area contributed by atoms with Crippen molar-refractivity contribution in [2.45, 2.75) is 88.4 Å². The fourth-order valence-electron chi connectivity index (χ4n) is 6.93. The molecule has 0 spiro atoms.